The van der Waals surface area contributed by atoms with Crippen molar-refractivity contribution in [3.05, 3.63) is 59.7 Å². The van der Waals surface area contributed by atoms with Gasteiger partial charge in [-0.3, -0.25) is 4.79 Å². The number of hydrogen-bond donors (Lipinski definition) is 0. The van der Waals surface area contributed by atoms with Crippen LogP contribution < -0.4 is 4.74 Å². The molecule has 1 amide bonds. The van der Waals surface area contributed by atoms with Crippen molar-refractivity contribution in [2.24, 2.45) is 0 Å². The van der Waals surface area contributed by atoms with Gasteiger partial charge < -0.3 is 9.64 Å². The smallest absolute Gasteiger partial charge is 0.243 e. The van der Waals surface area contributed by atoms with Crippen molar-refractivity contribution < 1.29 is 26.7 Å². The lowest BCUT2D eigenvalue weighted by Gasteiger charge is -2.22. The summed E-state index contributed by atoms with van der Waals surface area (Å²) in [5.74, 6) is -0.926. The minimum atomic E-state index is -3.74. The van der Waals surface area contributed by atoms with Gasteiger partial charge >= 0.3 is 0 Å². The molecule has 0 spiro atoms. The molecule has 3 rings (SSSR count). The number of sulfonamides is 1. The molecule has 0 radical (unpaired) electrons. The number of aryl methyl sites for hydroxylation is 1. The summed E-state index contributed by atoms with van der Waals surface area (Å²) < 4.78 is 58.7. The molecule has 1 heterocycles. The van der Waals surface area contributed by atoms with E-state index in [2.05, 4.69) is 0 Å². The normalized spacial score (nSPS) is 15.6. The Morgan fingerprint density at radius 3 is 2.43 bits per heavy atom. The molecule has 1 fully saturated rings. The summed E-state index contributed by atoms with van der Waals surface area (Å²) >= 11 is 0. The van der Waals surface area contributed by atoms with Gasteiger partial charge in [-0.15, -0.1) is 0 Å². The predicted octanol–water partition coefficient (Wildman–Crippen LogP) is 2.83. The number of carbonyl (C=O) groups excluding carboxylic acids is 1. The topological polar surface area (TPSA) is 66.9 Å². The summed E-state index contributed by atoms with van der Waals surface area (Å²) in [4.78, 5) is 14.3. The van der Waals surface area contributed by atoms with Crippen molar-refractivity contribution >= 4 is 15.9 Å². The highest BCUT2D eigenvalue weighted by Gasteiger charge is 2.28. The zero-order valence-corrected chi connectivity index (χ0v) is 17.5. The molecular formula is C21H24F2N2O4S. The number of nitrogens with zero attached hydrogens (tertiary/aromatic N) is 2. The first-order valence-corrected chi connectivity index (χ1v) is 11.1. The molecule has 0 atom stereocenters. The SMILES string of the molecule is COc1ccc(CCC(=O)N2CCCN(S(=O)(=O)c3ccc(F)cc3)CC2)cc1F. The number of benzene rings is 2. The third-order valence-electron chi connectivity index (χ3n) is 5.10. The van der Waals surface area contributed by atoms with Gasteiger partial charge in [-0.1, -0.05) is 6.07 Å². The van der Waals surface area contributed by atoms with E-state index in [4.69, 9.17) is 4.74 Å². The quantitative estimate of drug-likeness (QED) is 0.696. The van der Waals surface area contributed by atoms with Gasteiger partial charge in [0.25, 0.3) is 0 Å². The molecule has 1 saturated heterocycles. The van der Waals surface area contributed by atoms with Gasteiger partial charge in [0.15, 0.2) is 11.6 Å². The first kappa shape index (κ1) is 22.2. The van der Waals surface area contributed by atoms with Crippen molar-refractivity contribution in [3.8, 4) is 5.75 Å². The lowest BCUT2D eigenvalue weighted by molar-refractivity contribution is -0.131. The van der Waals surface area contributed by atoms with Crippen LogP contribution in [0, 0.1) is 11.6 Å². The van der Waals surface area contributed by atoms with Crippen LogP contribution in [0.3, 0.4) is 0 Å². The largest absolute Gasteiger partial charge is 0.494 e. The Morgan fingerprint density at radius 1 is 1.03 bits per heavy atom. The molecule has 0 aromatic heterocycles. The van der Waals surface area contributed by atoms with Gasteiger partial charge in [0.2, 0.25) is 15.9 Å². The predicted molar refractivity (Wildman–Crippen MR) is 108 cm³/mol. The van der Waals surface area contributed by atoms with Gasteiger partial charge in [0.1, 0.15) is 5.82 Å². The maximum atomic E-state index is 13.8. The van der Waals surface area contributed by atoms with Crippen molar-refractivity contribution in [2.75, 3.05) is 33.3 Å². The lowest BCUT2D eigenvalue weighted by Crippen LogP contribution is -2.37. The molecule has 162 valence electrons. The zero-order valence-electron chi connectivity index (χ0n) is 16.7. The molecule has 0 saturated carbocycles. The van der Waals surface area contributed by atoms with Crippen LogP contribution in [-0.2, 0) is 21.2 Å². The van der Waals surface area contributed by atoms with Crippen LogP contribution in [0.1, 0.15) is 18.4 Å². The van der Waals surface area contributed by atoms with Crippen LogP contribution in [0.2, 0.25) is 0 Å². The van der Waals surface area contributed by atoms with Gasteiger partial charge in [0.05, 0.1) is 12.0 Å². The maximum Gasteiger partial charge on any atom is 0.243 e. The number of rotatable bonds is 6. The third kappa shape index (κ3) is 5.14. The van der Waals surface area contributed by atoms with Crippen molar-refractivity contribution in [3.63, 3.8) is 0 Å². The lowest BCUT2D eigenvalue weighted by atomic mass is 10.1. The van der Waals surface area contributed by atoms with E-state index < -0.39 is 21.7 Å². The standard InChI is InChI=1S/C21H24F2N2O4S/c1-29-20-9-3-16(15-19(20)23)4-10-21(26)24-11-2-12-25(14-13-24)30(27,28)18-7-5-17(22)6-8-18/h3,5-9,15H,2,4,10-14H2,1H3. The minimum Gasteiger partial charge on any atom is -0.494 e. The Kier molecular flexibility index (Phi) is 7.04. The second-order valence-corrected chi connectivity index (χ2v) is 9.00. The number of carbonyl (C=O) groups is 1. The highest BCUT2D eigenvalue weighted by molar-refractivity contribution is 7.89. The Hall–Kier alpha value is -2.52. The van der Waals surface area contributed by atoms with Crippen molar-refractivity contribution in [2.45, 2.75) is 24.2 Å². The van der Waals surface area contributed by atoms with Gasteiger partial charge in [0, 0.05) is 32.6 Å². The fraction of sp³-hybridized carbons (Fsp3) is 0.381. The molecule has 6 nitrogen and oxygen atoms in total. The minimum absolute atomic E-state index is 0.0326. The van der Waals surface area contributed by atoms with Crippen LogP contribution in [0.4, 0.5) is 8.78 Å². The fourth-order valence-corrected chi connectivity index (χ4v) is 4.88. The summed E-state index contributed by atoms with van der Waals surface area (Å²) in [5.41, 5.74) is 0.692. The van der Waals surface area contributed by atoms with Crippen LogP contribution in [0.15, 0.2) is 47.4 Å². The van der Waals surface area contributed by atoms with Crippen LogP contribution in [-0.4, -0.2) is 56.8 Å². The summed E-state index contributed by atoms with van der Waals surface area (Å²) in [6.45, 7) is 1.18. The van der Waals surface area contributed by atoms with Crippen LogP contribution in [0.5, 0.6) is 5.75 Å². The highest BCUT2D eigenvalue weighted by Crippen LogP contribution is 2.20. The number of methoxy groups -OCH3 is 1. The van der Waals surface area contributed by atoms with Crippen LogP contribution in [0.25, 0.3) is 0 Å². The second kappa shape index (κ2) is 9.53. The van der Waals surface area contributed by atoms with Gasteiger partial charge in [-0.2, -0.15) is 4.31 Å². The Morgan fingerprint density at radius 2 is 1.77 bits per heavy atom. The van der Waals surface area contributed by atoms with E-state index in [1.165, 1.54) is 35.7 Å². The summed E-state index contributed by atoms with van der Waals surface area (Å²) in [6, 6.07) is 9.31. The zero-order chi connectivity index (χ0) is 21.7. The van der Waals surface area contributed by atoms with E-state index in [9.17, 15) is 22.0 Å². The molecule has 0 aliphatic carbocycles. The molecule has 2 aromatic rings. The molecule has 2 aromatic carbocycles. The van der Waals surface area contributed by atoms with Crippen LogP contribution >= 0.6 is 0 Å². The molecule has 1 aliphatic rings. The summed E-state index contributed by atoms with van der Waals surface area (Å²) in [6.07, 6.45) is 1.09. The fourth-order valence-electron chi connectivity index (χ4n) is 3.41. The summed E-state index contributed by atoms with van der Waals surface area (Å²) in [7, 11) is -2.35. The first-order chi connectivity index (χ1) is 14.3. The Balaban J connectivity index is 1.58. The molecule has 0 unspecified atom stereocenters. The molecule has 1 aliphatic heterocycles. The first-order valence-electron chi connectivity index (χ1n) is 9.67. The third-order valence-corrected chi connectivity index (χ3v) is 7.02. The molecular weight excluding hydrogens is 414 g/mol. The molecule has 30 heavy (non-hydrogen) atoms. The van der Waals surface area contributed by atoms with E-state index in [1.807, 2.05) is 0 Å². The van der Waals surface area contributed by atoms with Gasteiger partial charge in [-0.25, -0.2) is 17.2 Å². The number of amides is 1. The van der Waals surface area contributed by atoms with E-state index in [0.29, 0.717) is 24.9 Å². The van der Waals surface area contributed by atoms with Crippen molar-refractivity contribution in [1.82, 2.24) is 9.21 Å². The van der Waals surface area contributed by atoms with E-state index in [-0.39, 0.29) is 42.6 Å². The Labute approximate surface area is 175 Å². The highest BCUT2D eigenvalue weighted by atomic mass is 32.2. The van der Waals surface area contributed by atoms with Gasteiger partial charge in [-0.05, 0) is 54.8 Å². The maximum absolute atomic E-state index is 13.8. The average Bonchev–Trinajstić information content (AvgIpc) is 2.99. The Bertz CT molecular complexity index is 997. The van der Waals surface area contributed by atoms with Crippen molar-refractivity contribution in [1.29, 1.82) is 0 Å². The molecule has 0 bridgehead atoms. The van der Waals surface area contributed by atoms with E-state index >= 15 is 0 Å². The second-order valence-electron chi connectivity index (χ2n) is 7.06. The number of ether oxygens (including phenoxy) is 1. The number of hydrogen-bond acceptors (Lipinski definition) is 4. The van der Waals surface area contributed by atoms with E-state index in [0.717, 1.165) is 12.1 Å². The average molecular weight is 438 g/mol. The molecule has 0 N–H and O–H groups in total. The molecule has 9 heteroatoms. The van der Waals surface area contributed by atoms with E-state index in [1.54, 1.807) is 11.0 Å². The monoisotopic (exact) mass is 438 g/mol. The number of halogens is 2. The summed E-state index contributed by atoms with van der Waals surface area (Å²) in [5, 5.41) is 0.